The SMILES string of the molecule is O=C1COc2c(cccc2C(=O)Nc2ccccc2NC23CC4CC(CC(C4)C2)C3)N1. The number of rotatable bonds is 4. The van der Waals surface area contributed by atoms with Gasteiger partial charge in [0.15, 0.2) is 12.4 Å². The Morgan fingerprint density at radius 3 is 2.32 bits per heavy atom. The number of amides is 2. The zero-order valence-electron chi connectivity index (χ0n) is 17.4. The van der Waals surface area contributed by atoms with Gasteiger partial charge in [-0.3, -0.25) is 9.59 Å². The molecule has 6 heteroatoms. The van der Waals surface area contributed by atoms with Crippen molar-refractivity contribution in [3.8, 4) is 5.75 Å². The Morgan fingerprint density at radius 1 is 0.935 bits per heavy atom. The second-order valence-electron chi connectivity index (χ2n) is 9.84. The van der Waals surface area contributed by atoms with Crippen LogP contribution in [0.5, 0.6) is 5.75 Å². The van der Waals surface area contributed by atoms with Crippen LogP contribution < -0.4 is 20.7 Å². The third kappa shape index (κ3) is 3.34. The molecule has 0 spiro atoms. The van der Waals surface area contributed by atoms with Crippen LogP contribution in [0.2, 0.25) is 0 Å². The summed E-state index contributed by atoms with van der Waals surface area (Å²) in [6.45, 7) is -0.0819. The van der Waals surface area contributed by atoms with E-state index in [1.807, 2.05) is 18.2 Å². The summed E-state index contributed by atoms with van der Waals surface area (Å²) >= 11 is 0. The molecule has 4 aliphatic carbocycles. The number of benzene rings is 2. The molecule has 2 aromatic carbocycles. The molecule has 0 radical (unpaired) electrons. The summed E-state index contributed by atoms with van der Waals surface area (Å²) in [5, 5.41) is 9.71. The summed E-state index contributed by atoms with van der Waals surface area (Å²) in [6.07, 6.45) is 7.90. The lowest BCUT2D eigenvalue weighted by molar-refractivity contribution is -0.118. The molecular weight excluding hydrogens is 390 g/mol. The first-order valence-electron chi connectivity index (χ1n) is 11.3. The number of hydrogen-bond donors (Lipinski definition) is 3. The Morgan fingerprint density at radius 2 is 1.61 bits per heavy atom. The molecule has 7 rings (SSSR count). The minimum Gasteiger partial charge on any atom is -0.481 e. The van der Waals surface area contributed by atoms with Crippen molar-refractivity contribution in [3.63, 3.8) is 0 Å². The lowest BCUT2D eigenvalue weighted by Crippen LogP contribution is -2.54. The first-order valence-corrected chi connectivity index (χ1v) is 11.3. The molecule has 0 atom stereocenters. The van der Waals surface area contributed by atoms with E-state index in [0.717, 1.165) is 29.1 Å². The van der Waals surface area contributed by atoms with Crippen molar-refractivity contribution in [1.29, 1.82) is 0 Å². The summed E-state index contributed by atoms with van der Waals surface area (Å²) < 4.78 is 5.56. The standard InChI is InChI=1S/C25H27N3O3/c29-22-14-31-23-18(4-3-7-21(23)26-22)24(30)27-19-5-1-2-6-20(19)28-25-11-15-8-16(12-25)10-17(9-15)13-25/h1-7,15-17,28H,8-14H2,(H,26,29)(H,27,30). The Bertz CT molecular complexity index is 1030. The number of para-hydroxylation sites is 3. The van der Waals surface area contributed by atoms with E-state index in [1.54, 1.807) is 18.2 Å². The molecule has 3 N–H and O–H groups in total. The summed E-state index contributed by atoms with van der Waals surface area (Å²) in [5.74, 6) is 2.52. The number of fused-ring (bicyclic) bond motifs is 1. The van der Waals surface area contributed by atoms with Crippen molar-refractivity contribution >= 4 is 28.9 Å². The third-order valence-electron chi connectivity index (χ3n) is 7.49. The fraction of sp³-hybridized carbons (Fsp3) is 0.440. The molecule has 2 aromatic rings. The van der Waals surface area contributed by atoms with E-state index in [4.69, 9.17) is 4.74 Å². The zero-order valence-corrected chi connectivity index (χ0v) is 17.4. The van der Waals surface area contributed by atoms with Crippen LogP contribution in [0, 0.1) is 17.8 Å². The molecule has 6 nitrogen and oxygen atoms in total. The topological polar surface area (TPSA) is 79.5 Å². The van der Waals surface area contributed by atoms with Gasteiger partial charge >= 0.3 is 0 Å². The summed E-state index contributed by atoms with van der Waals surface area (Å²) in [7, 11) is 0. The van der Waals surface area contributed by atoms with Crippen LogP contribution in [0.1, 0.15) is 48.9 Å². The van der Waals surface area contributed by atoms with E-state index in [2.05, 4.69) is 22.0 Å². The van der Waals surface area contributed by atoms with E-state index >= 15 is 0 Å². The average Bonchev–Trinajstić information content (AvgIpc) is 2.73. The van der Waals surface area contributed by atoms with Gasteiger partial charge in [-0.25, -0.2) is 0 Å². The fourth-order valence-corrected chi connectivity index (χ4v) is 6.73. The molecule has 0 aromatic heterocycles. The van der Waals surface area contributed by atoms with Crippen molar-refractivity contribution < 1.29 is 14.3 Å². The lowest BCUT2D eigenvalue weighted by atomic mass is 9.53. The van der Waals surface area contributed by atoms with E-state index in [9.17, 15) is 9.59 Å². The maximum atomic E-state index is 13.2. The number of ether oxygens (including phenoxy) is 1. The van der Waals surface area contributed by atoms with Crippen LogP contribution in [0.15, 0.2) is 42.5 Å². The molecule has 0 saturated heterocycles. The average molecular weight is 418 g/mol. The predicted molar refractivity (Wildman–Crippen MR) is 119 cm³/mol. The minimum atomic E-state index is -0.243. The van der Waals surface area contributed by atoms with Gasteiger partial charge in [0, 0.05) is 5.54 Å². The maximum absolute atomic E-state index is 13.2. The van der Waals surface area contributed by atoms with E-state index in [1.165, 1.54) is 38.5 Å². The summed E-state index contributed by atoms with van der Waals surface area (Å²) in [5.41, 5.74) is 2.87. The van der Waals surface area contributed by atoms with Crippen molar-refractivity contribution in [2.24, 2.45) is 17.8 Å². The minimum absolute atomic E-state index is 0.0819. The Hall–Kier alpha value is -3.02. The summed E-state index contributed by atoms with van der Waals surface area (Å²) in [4.78, 5) is 24.8. The van der Waals surface area contributed by atoms with Crippen LogP contribution in [-0.2, 0) is 4.79 Å². The number of carbonyl (C=O) groups is 2. The maximum Gasteiger partial charge on any atom is 0.262 e. The largest absolute Gasteiger partial charge is 0.481 e. The van der Waals surface area contributed by atoms with E-state index < -0.39 is 0 Å². The molecule has 4 bridgehead atoms. The number of hydrogen-bond acceptors (Lipinski definition) is 4. The van der Waals surface area contributed by atoms with Gasteiger partial charge in [0.1, 0.15) is 0 Å². The van der Waals surface area contributed by atoms with E-state index in [0.29, 0.717) is 17.0 Å². The highest BCUT2D eigenvalue weighted by atomic mass is 16.5. The Kier molecular flexibility index (Phi) is 4.23. The third-order valence-corrected chi connectivity index (χ3v) is 7.49. The second kappa shape index (κ2) is 7.01. The van der Waals surface area contributed by atoms with Crippen LogP contribution in [0.4, 0.5) is 17.1 Å². The van der Waals surface area contributed by atoms with Gasteiger partial charge < -0.3 is 20.7 Å². The van der Waals surface area contributed by atoms with Crippen LogP contribution in [0.3, 0.4) is 0 Å². The Labute approximate surface area is 181 Å². The second-order valence-corrected chi connectivity index (χ2v) is 9.84. The van der Waals surface area contributed by atoms with Gasteiger partial charge in [-0.05, 0) is 80.5 Å². The number of anilines is 3. The molecule has 1 heterocycles. The molecule has 1 aliphatic heterocycles. The molecule has 4 saturated carbocycles. The smallest absolute Gasteiger partial charge is 0.262 e. The Balaban J connectivity index is 1.25. The molecule has 4 fully saturated rings. The van der Waals surface area contributed by atoms with Crippen molar-refractivity contribution in [2.45, 2.75) is 44.1 Å². The first-order chi connectivity index (χ1) is 15.1. The van der Waals surface area contributed by atoms with Gasteiger partial charge in [-0.2, -0.15) is 0 Å². The lowest BCUT2D eigenvalue weighted by Gasteiger charge is -2.57. The molecule has 31 heavy (non-hydrogen) atoms. The fourth-order valence-electron chi connectivity index (χ4n) is 6.73. The van der Waals surface area contributed by atoms with Crippen LogP contribution in [0.25, 0.3) is 0 Å². The number of carbonyl (C=O) groups excluding carboxylic acids is 2. The molecule has 2 amide bonds. The monoisotopic (exact) mass is 417 g/mol. The zero-order chi connectivity index (χ0) is 21.0. The first kappa shape index (κ1) is 18.7. The highest BCUT2D eigenvalue weighted by Gasteiger charge is 2.51. The van der Waals surface area contributed by atoms with Crippen molar-refractivity contribution in [2.75, 3.05) is 22.6 Å². The normalized spacial score (nSPS) is 30.2. The van der Waals surface area contributed by atoms with Gasteiger partial charge in [0.25, 0.3) is 11.8 Å². The van der Waals surface area contributed by atoms with Gasteiger partial charge in [0.05, 0.1) is 22.6 Å². The molecular formula is C25H27N3O3. The van der Waals surface area contributed by atoms with Crippen molar-refractivity contribution in [1.82, 2.24) is 0 Å². The summed E-state index contributed by atoms with van der Waals surface area (Å²) in [6, 6.07) is 13.2. The van der Waals surface area contributed by atoms with Gasteiger partial charge in [-0.1, -0.05) is 18.2 Å². The molecule has 160 valence electrons. The van der Waals surface area contributed by atoms with Crippen LogP contribution >= 0.6 is 0 Å². The predicted octanol–water partition coefficient (Wildman–Crippen LogP) is 4.65. The number of nitrogens with one attached hydrogen (secondary N) is 3. The van der Waals surface area contributed by atoms with E-state index in [-0.39, 0.29) is 24.0 Å². The van der Waals surface area contributed by atoms with Crippen molar-refractivity contribution in [3.05, 3.63) is 48.0 Å². The highest BCUT2D eigenvalue weighted by molar-refractivity contribution is 6.10. The van der Waals surface area contributed by atoms with Crippen LogP contribution in [-0.4, -0.2) is 24.0 Å². The molecule has 5 aliphatic rings. The van der Waals surface area contributed by atoms with Gasteiger partial charge in [0.2, 0.25) is 0 Å². The van der Waals surface area contributed by atoms with Gasteiger partial charge in [-0.15, -0.1) is 0 Å². The quantitative estimate of drug-likeness (QED) is 0.677. The highest BCUT2D eigenvalue weighted by Crippen LogP contribution is 2.56. The molecule has 0 unspecified atom stereocenters.